The van der Waals surface area contributed by atoms with Crippen LogP contribution in [-0.2, 0) is 9.59 Å². The van der Waals surface area contributed by atoms with Gasteiger partial charge in [-0.05, 0) is 39.5 Å². The lowest BCUT2D eigenvalue weighted by Crippen LogP contribution is -2.35. The zero-order chi connectivity index (χ0) is 20.1. The van der Waals surface area contributed by atoms with Crippen LogP contribution in [0.2, 0.25) is 0 Å². The summed E-state index contributed by atoms with van der Waals surface area (Å²) in [6.45, 7) is 3.81. The molecular weight excluding hydrogens is 340 g/mol. The van der Waals surface area contributed by atoms with Crippen molar-refractivity contribution in [2.45, 2.75) is 76.4 Å². The number of nitrogens with one attached hydrogen (secondary N) is 2. The molecule has 0 saturated carbocycles. The van der Waals surface area contributed by atoms with Gasteiger partial charge < -0.3 is 31.1 Å². The first kappa shape index (κ1) is 24.8. The van der Waals surface area contributed by atoms with Crippen molar-refractivity contribution in [2.24, 2.45) is 0 Å². The first-order valence-corrected chi connectivity index (χ1v) is 9.32. The minimum Gasteiger partial charge on any atom is -0.396 e. The van der Waals surface area contributed by atoms with Crippen LogP contribution in [0.1, 0.15) is 65.2 Å². The van der Waals surface area contributed by atoms with Crippen LogP contribution in [0.15, 0.2) is 0 Å². The van der Waals surface area contributed by atoms with Crippen LogP contribution >= 0.6 is 0 Å². The average Bonchev–Trinajstić information content (AvgIpc) is 2.48. The monoisotopic (exact) mass is 376 g/mol. The Hall–Kier alpha value is -1.22. The third kappa shape index (κ3) is 14.0. The first-order valence-electron chi connectivity index (χ1n) is 9.32. The van der Waals surface area contributed by atoms with E-state index in [2.05, 4.69) is 10.6 Å². The summed E-state index contributed by atoms with van der Waals surface area (Å²) in [6, 6.07) is 0. The van der Waals surface area contributed by atoms with E-state index in [1.165, 1.54) is 13.8 Å². The molecule has 8 nitrogen and oxygen atoms in total. The maximum absolute atomic E-state index is 11.7. The van der Waals surface area contributed by atoms with Crippen molar-refractivity contribution >= 4 is 11.8 Å². The number of carbonyl (C=O) groups is 2. The number of amides is 2. The fraction of sp³-hybridized carbons (Fsp3) is 0.889. The highest BCUT2D eigenvalue weighted by atomic mass is 16.3. The lowest BCUT2D eigenvalue weighted by atomic mass is 9.98. The molecule has 2 atom stereocenters. The number of aliphatic hydroxyl groups excluding tert-OH is 2. The number of carbonyl (C=O) groups excluding carboxylic acids is 2. The van der Waals surface area contributed by atoms with Crippen LogP contribution in [0, 0.1) is 0 Å². The SMILES string of the molecule is CC(O)(CCO)CC(=O)NCCCCCCNC(=O)CC(C)(O)CCO. The van der Waals surface area contributed by atoms with Gasteiger partial charge >= 0.3 is 0 Å². The lowest BCUT2D eigenvalue weighted by Gasteiger charge is -2.21. The number of aliphatic hydroxyl groups is 4. The first-order chi connectivity index (χ1) is 12.1. The molecule has 0 aliphatic heterocycles. The van der Waals surface area contributed by atoms with Gasteiger partial charge in [0.05, 0.1) is 24.0 Å². The molecule has 154 valence electrons. The summed E-state index contributed by atoms with van der Waals surface area (Å²) in [5.74, 6) is -0.462. The second-order valence-electron chi connectivity index (χ2n) is 7.41. The van der Waals surface area contributed by atoms with E-state index in [0.717, 1.165) is 25.7 Å². The van der Waals surface area contributed by atoms with Gasteiger partial charge in [0, 0.05) is 26.3 Å². The second-order valence-corrected chi connectivity index (χ2v) is 7.41. The zero-order valence-corrected chi connectivity index (χ0v) is 16.1. The number of hydrogen-bond acceptors (Lipinski definition) is 6. The summed E-state index contributed by atoms with van der Waals surface area (Å²) in [4.78, 5) is 23.3. The van der Waals surface area contributed by atoms with Gasteiger partial charge in [0.1, 0.15) is 0 Å². The van der Waals surface area contributed by atoms with Gasteiger partial charge in [0.25, 0.3) is 0 Å². The molecule has 0 bridgehead atoms. The maximum atomic E-state index is 11.7. The molecule has 6 N–H and O–H groups in total. The zero-order valence-electron chi connectivity index (χ0n) is 16.1. The highest BCUT2D eigenvalue weighted by Gasteiger charge is 2.24. The Morgan fingerprint density at radius 1 is 0.731 bits per heavy atom. The van der Waals surface area contributed by atoms with Crippen molar-refractivity contribution in [2.75, 3.05) is 26.3 Å². The summed E-state index contributed by atoms with van der Waals surface area (Å²) < 4.78 is 0. The minimum absolute atomic E-state index is 0.0281. The molecule has 0 aliphatic rings. The van der Waals surface area contributed by atoms with E-state index in [1.54, 1.807) is 0 Å². The number of unbranched alkanes of at least 4 members (excludes halogenated alkanes) is 3. The topological polar surface area (TPSA) is 139 Å². The van der Waals surface area contributed by atoms with E-state index in [4.69, 9.17) is 10.2 Å². The largest absolute Gasteiger partial charge is 0.396 e. The third-order valence-corrected chi connectivity index (χ3v) is 4.13. The number of rotatable bonds is 15. The molecule has 0 rings (SSSR count). The smallest absolute Gasteiger partial charge is 0.222 e. The highest BCUT2D eigenvalue weighted by molar-refractivity contribution is 5.77. The van der Waals surface area contributed by atoms with Crippen LogP contribution in [-0.4, -0.2) is 69.7 Å². The van der Waals surface area contributed by atoms with Gasteiger partial charge in [0.2, 0.25) is 11.8 Å². The average molecular weight is 376 g/mol. The van der Waals surface area contributed by atoms with Crippen molar-refractivity contribution in [3.63, 3.8) is 0 Å². The van der Waals surface area contributed by atoms with E-state index in [0.29, 0.717) is 13.1 Å². The fourth-order valence-corrected chi connectivity index (χ4v) is 2.53. The van der Waals surface area contributed by atoms with E-state index in [-0.39, 0.29) is 50.7 Å². The summed E-state index contributed by atoms with van der Waals surface area (Å²) >= 11 is 0. The molecule has 0 spiro atoms. The lowest BCUT2D eigenvalue weighted by molar-refractivity contribution is -0.127. The normalized spacial score (nSPS) is 15.8. The minimum atomic E-state index is -1.18. The second kappa shape index (κ2) is 13.0. The molecule has 0 heterocycles. The van der Waals surface area contributed by atoms with Crippen LogP contribution in [0.5, 0.6) is 0 Å². The summed E-state index contributed by atoms with van der Waals surface area (Å²) in [7, 11) is 0. The molecule has 8 heteroatoms. The fourth-order valence-electron chi connectivity index (χ4n) is 2.53. The maximum Gasteiger partial charge on any atom is 0.222 e. The molecule has 0 fully saturated rings. The van der Waals surface area contributed by atoms with Gasteiger partial charge in [0.15, 0.2) is 0 Å². The predicted molar refractivity (Wildman–Crippen MR) is 98.4 cm³/mol. The van der Waals surface area contributed by atoms with E-state index >= 15 is 0 Å². The Morgan fingerprint density at radius 3 is 1.38 bits per heavy atom. The van der Waals surface area contributed by atoms with Crippen molar-refractivity contribution < 1.29 is 30.0 Å². The van der Waals surface area contributed by atoms with Crippen molar-refractivity contribution in [1.82, 2.24) is 10.6 Å². The Morgan fingerprint density at radius 2 is 1.08 bits per heavy atom. The summed E-state index contributed by atoms with van der Waals surface area (Å²) in [5.41, 5.74) is -2.36. The molecule has 0 aromatic carbocycles. The molecular formula is C18H36N2O6. The Balaban J connectivity index is 3.62. The third-order valence-electron chi connectivity index (χ3n) is 4.13. The molecule has 0 aromatic heterocycles. The molecule has 26 heavy (non-hydrogen) atoms. The van der Waals surface area contributed by atoms with E-state index in [9.17, 15) is 19.8 Å². The van der Waals surface area contributed by atoms with Crippen molar-refractivity contribution in [3.05, 3.63) is 0 Å². The standard InChI is InChI=1S/C18H36N2O6/c1-17(25,7-11-21)13-15(23)19-9-5-3-4-6-10-20-16(24)14-18(2,26)8-12-22/h21-22,25-26H,3-14H2,1-2H3,(H,19,23)(H,20,24). The highest BCUT2D eigenvalue weighted by Crippen LogP contribution is 2.14. The van der Waals surface area contributed by atoms with E-state index < -0.39 is 11.2 Å². The van der Waals surface area contributed by atoms with E-state index in [1.807, 2.05) is 0 Å². The van der Waals surface area contributed by atoms with Gasteiger partial charge in [-0.3, -0.25) is 9.59 Å². The van der Waals surface area contributed by atoms with Crippen LogP contribution in [0.3, 0.4) is 0 Å². The van der Waals surface area contributed by atoms with Crippen molar-refractivity contribution in [3.8, 4) is 0 Å². The Labute approximate surface area is 156 Å². The molecule has 2 amide bonds. The quantitative estimate of drug-likeness (QED) is 0.219. The van der Waals surface area contributed by atoms with Crippen molar-refractivity contribution in [1.29, 1.82) is 0 Å². The molecule has 0 aliphatic carbocycles. The van der Waals surface area contributed by atoms with Crippen LogP contribution in [0.25, 0.3) is 0 Å². The number of hydrogen-bond donors (Lipinski definition) is 6. The molecule has 0 aromatic rings. The summed E-state index contributed by atoms with van der Waals surface area (Å²) in [5, 5.41) is 42.8. The van der Waals surface area contributed by atoms with Gasteiger partial charge in [-0.25, -0.2) is 0 Å². The molecule has 0 saturated heterocycles. The van der Waals surface area contributed by atoms with Gasteiger partial charge in [-0.15, -0.1) is 0 Å². The molecule has 2 unspecified atom stereocenters. The molecule has 0 radical (unpaired) electrons. The Kier molecular flexibility index (Phi) is 12.4. The van der Waals surface area contributed by atoms with Crippen LogP contribution < -0.4 is 10.6 Å². The van der Waals surface area contributed by atoms with Gasteiger partial charge in [-0.2, -0.15) is 0 Å². The van der Waals surface area contributed by atoms with Crippen LogP contribution in [0.4, 0.5) is 0 Å². The summed E-state index contributed by atoms with van der Waals surface area (Å²) in [6.07, 6.45) is 3.72. The Bertz CT molecular complexity index is 374. The van der Waals surface area contributed by atoms with Gasteiger partial charge in [-0.1, -0.05) is 12.8 Å². The predicted octanol–water partition coefficient (Wildman–Crippen LogP) is -0.174.